The number of ether oxygens (including phenoxy) is 1. The second kappa shape index (κ2) is 4.64. The molecular weight excluding hydrogens is 248 g/mol. The molecule has 2 aromatic rings. The SMILES string of the molecule is CC(C)(C)/C=C1/c2c(ccc3ccccc23)OCC1O. The van der Waals surface area contributed by atoms with Gasteiger partial charge in [0.25, 0.3) is 0 Å². The van der Waals surface area contributed by atoms with E-state index in [-0.39, 0.29) is 5.41 Å². The Bertz CT molecular complexity index is 677. The van der Waals surface area contributed by atoms with Gasteiger partial charge in [-0.1, -0.05) is 57.2 Å². The van der Waals surface area contributed by atoms with Crippen molar-refractivity contribution in [3.05, 3.63) is 48.0 Å². The van der Waals surface area contributed by atoms with E-state index in [2.05, 4.69) is 45.0 Å². The maximum absolute atomic E-state index is 10.3. The maximum atomic E-state index is 10.3. The molecule has 0 spiro atoms. The fourth-order valence-electron chi connectivity index (χ4n) is 2.73. The second-order valence-electron chi connectivity index (χ2n) is 6.45. The average molecular weight is 268 g/mol. The molecule has 0 radical (unpaired) electrons. The van der Waals surface area contributed by atoms with Gasteiger partial charge < -0.3 is 9.84 Å². The number of allylic oxidation sites excluding steroid dienone is 1. The molecule has 20 heavy (non-hydrogen) atoms. The summed E-state index contributed by atoms with van der Waals surface area (Å²) in [6.07, 6.45) is 1.60. The molecule has 1 N–H and O–H groups in total. The Hall–Kier alpha value is -1.80. The highest BCUT2D eigenvalue weighted by Crippen LogP contribution is 2.40. The lowest BCUT2D eigenvalue weighted by Crippen LogP contribution is -2.25. The van der Waals surface area contributed by atoms with Gasteiger partial charge in [-0.2, -0.15) is 0 Å². The van der Waals surface area contributed by atoms with E-state index in [1.165, 1.54) is 5.39 Å². The van der Waals surface area contributed by atoms with Gasteiger partial charge in [-0.3, -0.25) is 0 Å². The van der Waals surface area contributed by atoms with Crippen molar-refractivity contribution >= 4 is 16.3 Å². The molecule has 1 unspecified atom stereocenters. The van der Waals surface area contributed by atoms with E-state index in [9.17, 15) is 5.11 Å². The van der Waals surface area contributed by atoms with Crippen LogP contribution in [0.2, 0.25) is 0 Å². The molecule has 2 nitrogen and oxygen atoms in total. The minimum Gasteiger partial charge on any atom is -0.490 e. The summed E-state index contributed by atoms with van der Waals surface area (Å²) >= 11 is 0. The molecule has 0 bridgehead atoms. The third kappa shape index (κ3) is 2.32. The van der Waals surface area contributed by atoms with Gasteiger partial charge in [0.2, 0.25) is 0 Å². The molecule has 1 aliphatic heterocycles. The lowest BCUT2D eigenvalue weighted by Gasteiger charge is -2.28. The predicted molar refractivity (Wildman–Crippen MR) is 82.9 cm³/mol. The van der Waals surface area contributed by atoms with E-state index in [0.29, 0.717) is 6.61 Å². The molecule has 104 valence electrons. The van der Waals surface area contributed by atoms with Crippen molar-refractivity contribution in [2.45, 2.75) is 26.9 Å². The molecule has 3 rings (SSSR count). The van der Waals surface area contributed by atoms with Crippen LogP contribution in [0.4, 0.5) is 0 Å². The highest BCUT2D eigenvalue weighted by Gasteiger charge is 2.26. The summed E-state index contributed by atoms with van der Waals surface area (Å²) in [6.45, 7) is 6.76. The van der Waals surface area contributed by atoms with Crippen LogP contribution in [-0.2, 0) is 0 Å². The number of hydrogen-bond donors (Lipinski definition) is 1. The van der Waals surface area contributed by atoms with E-state index in [1.54, 1.807) is 0 Å². The maximum Gasteiger partial charge on any atom is 0.127 e. The first-order valence-corrected chi connectivity index (χ1v) is 7.01. The van der Waals surface area contributed by atoms with Crippen LogP contribution in [0.3, 0.4) is 0 Å². The molecule has 0 aromatic heterocycles. The number of hydrogen-bond acceptors (Lipinski definition) is 2. The molecule has 0 saturated heterocycles. The van der Waals surface area contributed by atoms with E-state index in [1.807, 2.05) is 18.2 Å². The quantitative estimate of drug-likeness (QED) is 0.782. The number of aliphatic hydroxyl groups is 1. The zero-order chi connectivity index (χ0) is 14.3. The summed E-state index contributed by atoms with van der Waals surface area (Å²) in [6, 6.07) is 12.3. The van der Waals surface area contributed by atoms with Crippen LogP contribution < -0.4 is 4.74 Å². The van der Waals surface area contributed by atoms with Gasteiger partial charge in [-0.25, -0.2) is 0 Å². The smallest absolute Gasteiger partial charge is 0.127 e. The van der Waals surface area contributed by atoms with Crippen molar-refractivity contribution in [3.8, 4) is 5.75 Å². The van der Waals surface area contributed by atoms with Crippen LogP contribution in [0, 0.1) is 5.41 Å². The van der Waals surface area contributed by atoms with Crippen molar-refractivity contribution in [3.63, 3.8) is 0 Å². The highest BCUT2D eigenvalue weighted by molar-refractivity contribution is 5.97. The van der Waals surface area contributed by atoms with Crippen LogP contribution in [0.1, 0.15) is 26.3 Å². The first kappa shape index (κ1) is 13.2. The largest absolute Gasteiger partial charge is 0.490 e. The van der Waals surface area contributed by atoms with Gasteiger partial charge in [-0.15, -0.1) is 0 Å². The van der Waals surface area contributed by atoms with Gasteiger partial charge in [0, 0.05) is 5.56 Å². The predicted octanol–water partition coefficient (Wildman–Crippen LogP) is 4.02. The molecule has 1 heterocycles. The van der Waals surface area contributed by atoms with Crippen molar-refractivity contribution in [1.82, 2.24) is 0 Å². The Morgan fingerprint density at radius 2 is 1.90 bits per heavy atom. The van der Waals surface area contributed by atoms with Crippen LogP contribution in [0.15, 0.2) is 42.5 Å². The van der Waals surface area contributed by atoms with Crippen LogP contribution >= 0.6 is 0 Å². The molecule has 2 aromatic carbocycles. The van der Waals surface area contributed by atoms with Gasteiger partial charge >= 0.3 is 0 Å². The van der Waals surface area contributed by atoms with Crippen LogP contribution in [0.5, 0.6) is 5.75 Å². The van der Waals surface area contributed by atoms with Gasteiger partial charge in [0.05, 0.1) is 0 Å². The Balaban J connectivity index is 2.31. The molecule has 1 aliphatic rings. The second-order valence-corrected chi connectivity index (χ2v) is 6.45. The molecular formula is C18H20O2. The minimum absolute atomic E-state index is 0.0157. The van der Waals surface area contributed by atoms with E-state index in [4.69, 9.17) is 4.74 Å². The zero-order valence-electron chi connectivity index (χ0n) is 12.2. The summed E-state index contributed by atoms with van der Waals surface area (Å²) < 4.78 is 5.70. The standard InChI is InChI=1S/C18H20O2/c1-18(2,3)10-14-15(19)11-20-16-9-8-12-6-4-5-7-13(12)17(14)16/h4-10,15,19H,11H2,1-3H3/b14-10+. The Morgan fingerprint density at radius 1 is 1.15 bits per heavy atom. The van der Waals surface area contributed by atoms with Gasteiger partial charge in [0.15, 0.2) is 0 Å². The fraction of sp³-hybridized carbons (Fsp3) is 0.333. The Kier molecular flexibility index (Phi) is 3.06. The normalized spacial score (nSPS) is 20.8. The molecule has 0 amide bonds. The lowest BCUT2D eigenvalue weighted by atomic mass is 9.85. The number of benzene rings is 2. The van der Waals surface area contributed by atoms with Crippen molar-refractivity contribution in [1.29, 1.82) is 0 Å². The monoisotopic (exact) mass is 268 g/mol. The molecule has 0 aliphatic carbocycles. The van der Waals surface area contributed by atoms with E-state index in [0.717, 1.165) is 22.3 Å². The summed E-state index contributed by atoms with van der Waals surface area (Å²) in [5, 5.41) is 12.7. The van der Waals surface area contributed by atoms with Gasteiger partial charge in [-0.05, 0) is 27.8 Å². The zero-order valence-corrected chi connectivity index (χ0v) is 12.2. The number of rotatable bonds is 0. The number of fused-ring (bicyclic) bond motifs is 3. The van der Waals surface area contributed by atoms with Crippen LogP contribution in [0.25, 0.3) is 16.3 Å². The van der Waals surface area contributed by atoms with E-state index < -0.39 is 6.10 Å². The summed E-state index contributed by atoms with van der Waals surface area (Å²) in [5.74, 6) is 0.865. The Morgan fingerprint density at radius 3 is 2.65 bits per heavy atom. The molecule has 2 heteroatoms. The summed E-state index contributed by atoms with van der Waals surface area (Å²) in [7, 11) is 0. The van der Waals surface area contributed by atoms with Crippen molar-refractivity contribution in [2.75, 3.05) is 6.61 Å². The average Bonchev–Trinajstić information content (AvgIpc) is 2.40. The summed E-state index contributed by atoms with van der Waals surface area (Å²) in [4.78, 5) is 0. The van der Waals surface area contributed by atoms with Crippen molar-refractivity contribution in [2.24, 2.45) is 5.41 Å². The number of aliphatic hydroxyl groups excluding tert-OH is 1. The fourth-order valence-corrected chi connectivity index (χ4v) is 2.73. The molecule has 1 atom stereocenters. The summed E-state index contributed by atoms with van der Waals surface area (Å²) in [5.41, 5.74) is 2.04. The highest BCUT2D eigenvalue weighted by atomic mass is 16.5. The molecule has 0 fully saturated rings. The third-order valence-corrected chi connectivity index (χ3v) is 3.52. The lowest BCUT2D eigenvalue weighted by molar-refractivity contribution is 0.142. The van der Waals surface area contributed by atoms with E-state index >= 15 is 0 Å². The minimum atomic E-state index is -0.562. The first-order chi connectivity index (χ1) is 9.46. The third-order valence-electron chi connectivity index (χ3n) is 3.52. The van der Waals surface area contributed by atoms with Gasteiger partial charge in [0.1, 0.15) is 18.5 Å². The Labute approximate surface area is 119 Å². The van der Waals surface area contributed by atoms with Crippen molar-refractivity contribution < 1.29 is 9.84 Å². The first-order valence-electron chi connectivity index (χ1n) is 7.01. The van der Waals surface area contributed by atoms with Crippen LogP contribution in [-0.4, -0.2) is 17.8 Å². The topological polar surface area (TPSA) is 29.5 Å². The molecule has 0 saturated carbocycles.